The highest BCUT2D eigenvalue weighted by Crippen LogP contribution is 2.42. The summed E-state index contributed by atoms with van der Waals surface area (Å²) in [4.78, 5) is 16.1. The van der Waals surface area contributed by atoms with Crippen molar-refractivity contribution in [3.05, 3.63) is 23.8 Å². The lowest BCUT2D eigenvalue weighted by atomic mass is 10.1. The van der Waals surface area contributed by atoms with E-state index >= 15 is 0 Å². The second-order valence-electron chi connectivity index (χ2n) is 5.61. The van der Waals surface area contributed by atoms with Crippen molar-refractivity contribution in [3.8, 4) is 5.75 Å². The molecule has 6 nitrogen and oxygen atoms in total. The van der Waals surface area contributed by atoms with Crippen LogP contribution >= 0.6 is 12.4 Å². The number of fused-ring (bicyclic) bond motifs is 1. The van der Waals surface area contributed by atoms with Gasteiger partial charge in [-0.15, -0.1) is 12.4 Å². The van der Waals surface area contributed by atoms with E-state index in [1.54, 1.807) is 12.1 Å². The number of anilines is 1. The Morgan fingerprint density at radius 1 is 1.32 bits per heavy atom. The van der Waals surface area contributed by atoms with E-state index < -0.39 is 5.91 Å². The first-order valence-corrected chi connectivity index (χ1v) is 7.29. The molecule has 0 radical (unpaired) electrons. The van der Waals surface area contributed by atoms with E-state index in [0.717, 1.165) is 24.5 Å². The molecule has 1 fully saturated rings. The fraction of sp³-hybridized carbons (Fsp3) is 0.533. The first-order chi connectivity index (χ1) is 10.1. The van der Waals surface area contributed by atoms with Crippen LogP contribution in [0.4, 0.5) is 5.69 Å². The molecule has 1 aromatic carbocycles. The number of amides is 1. The number of benzene rings is 1. The smallest absolute Gasteiger partial charge is 0.250 e. The first kappa shape index (κ1) is 16.9. The van der Waals surface area contributed by atoms with Gasteiger partial charge in [0, 0.05) is 19.1 Å². The van der Waals surface area contributed by atoms with E-state index in [4.69, 9.17) is 15.2 Å². The lowest BCUT2D eigenvalue weighted by molar-refractivity contribution is -0.0404. The second-order valence-corrected chi connectivity index (χ2v) is 5.61. The molecular weight excluding hydrogens is 306 g/mol. The lowest BCUT2D eigenvalue weighted by Crippen LogP contribution is -2.55. The van der Waals surface area contributed by atoms with Gasteiger partial charge in [0.1, 0.15) is 5.75 Å². The van der Waals surface area contributed by atoms with E-state index in [0.29, 0.717) is 18.8 Å². The summed E-state index contributed by atoms with van der Waals surface area (Å²) < 4.78 is 11.5. The Balaban J connectivity index is 0.00000176. The Morgan fingerprint density at radius 3 is 2.59 bits per heavy atom. The number of hydrogen-bond acceptors (Lipinski definition) is 5. The Morgan fingerprint density at radius 2 is 2.00 bits per heavy atom. The minimum Gasteiger partial charge on any atom is -0.455 e. The number of primary amides is 1. The van der Waals surface area contributed by atoms with Gasteiger partial charge in [-0.3, -0.25) is 4.79 Å². The maximum Gasteiger partial charge on any atom is 0.250 e. The maximum absolute atomic E-state index is 11.7. The molecule has 0 spiro atoms. The highest BCUT2D eigenvalue weighted by atomic mass is 35.5. The fourth-order valence-corrected chi connectivity index (χ4v) is 2.93. The summed E-state index contributed by atoms with van der Waals surface area (Å²) in [6, 6.07) is 5.64. The molecule has 2 heterocycles. The van der Waals surface area contributed by atoms with Crippen molar-refractivity contribution in [3.63, 3.8) is 0 Å². The van der Waals surface area contributed by atoms with Crippen molar-refractivity contribution >= 4 is 24.0 Å². The van der Waals surface area contributed by atoms with Crippen molar-refractivity contribution in [2.24, 2.45) is 5.73 Å². The Kier molecular flexibility index (Phi) is 5.16. The molecule has 1 saturated heterocycles. The number of nitrogens with zero attached hydrogens (tertiary/aromatic N) is 2. The van der Waals surface area contributed by atoms with Gasteiger partial charge in [0.2, 0.25) is 6.35 Å². The molecule has 122 valence electrons. The normalized spacial score (nSPS) is 21.2. The molecule has 1 aromatic rings. The van der Waals surface area contributed by atoms with Crippen LogP contribution in [0.1, 0.15) is 24.2 Å². The number of ether oxygens (including phenoxy) is 2. The predicted octanol–water partition coefficient (Wildman–Crippen LogP) is 1.43. The summed E-state index contributed by atoms with van der Waals surface area (Å²) in [5.41, 5.74) is 6.83. The third kappa shape index (κ3) is 2.86. The molecule has 22 heavy (non-hydrogen) atoms. The zero-order chi connectivity index (χ0) is 15.0. The van der Waals surface area contributed by atoms with Gasteiger partial charge < -0.3 is 20.1 Å². The molecule has 0 aromatic heterocycles. The van der Waals surface area contributed by atoms with Gasteiger partial charge in [-0.2, -0.15) is 0 Å². The number of carbonyl (C=O) groups is 1. The van der Waals surface area contributed by atoms with Crippen molar-refractivity contribution in [1.29, 1.82) is 0 Å². The summed E-state index contributed by atoms with van der Waals surface area (Å²) in [7, 11) is 0. The number of carbonyl (C=O) groups excluding carboxylic acids is 1. The first-order valence-electron chi connectivity index (χ1n) is 7.29. The summed E-state index contributed by atoms with van der Waals surface area (Å²) in [5, 5.41) is 0. The molecule has 2 aliphatic heterocycles. The fourth-order valence-electron chi connectivity index (χ4n) is 2.93. The summed E-state index contributed by atoms with van der Waals surface area (Å²) in [6.07, 6.45) is -0.204. The molecule has 0 unspecified atom stereocenters. The van der Waals surface area contributed by atoms with E-state index in [2.05, 4.69) is 23.6 Å². The predicted molar refractivity (Wildman–Crippen MR) is 86.6 cm³/mol. The van der Waals surface area contributed by atoms with Crippen LogP contribution < -0.4 is 15.4 Å². The summed E-state index contributed by atoms with van der Waals surface area (Å²) in [5.74, 6) is 0.292. The number of rotatable bonds is 3. The monoisotopic (exact) mass is 327 g/mol. The van der Waals surface area contributed by atoms with E-state index in [-0.39, 0.29) is 24.8 Å². The van der Waals surface area contributed by atoms with Crippen molar-refractivity contribution < 1.29 is 14.3 Å². The molecule has 0 aliphatic carbocycles. The summed E-state index contributed by atoms with van der Waals surface area (Å²) in [6.45, 7) is 7.20. The molecule has 1 atom stereocenters. The molecular formula is C15H22ClN3O3. The molecule has 2 aliphatic rings. The van der Waals surface area contributed by atoms with Crippen molar-refractivity contribution in [2.75, 3.05) is 31.2 Å². The van der Waals surface area contributed by atoms with E-state index in [9.17, 15) is 4.79 Å². The molecule has 0 bridgehead atoms. The van der Waals surface area contributed by atoms with Crippen molar-refractivity contribution in [1.82, 2.24) is 4.90 Å². The zero-order valence-corrected chi connectivity index (χ0v) is 13.6. The van der Waals surface area contributed by atoms with Gasteiger partial charge >= 0.3 is 0 Å². The molecule has 0 saturated carbocycles. The van der Waals surface area contributed by atoms with Gasteiger partial charge in [-0.25, -0.2) is 4.90 Å². The standard InChI is InChI=1S/C15H21N3O3.ClH/c1-10(2)18-13-11(14(16)19)4-3-5-12(13)21-15(18)17-6-8-20-9-7-17;/h3-5,10,15H,6-9H2,1-2H3,(H2,16,19);1H/t15-;/m1./s1. The van der Waals surface area contributed by atoms with Crippen LogP contribution in [0.3, 0.4) is 0 Å². The largest absolute Gasteiger partial charge is 0.455 e. The molecule has 3 rings (SSSR count). The van der Waals surface area contributed by atoms with Crippen LogP contribution in [-0.4, -0.2) is 49.5 Å². The van der Waals surface area contributed by atoms with Gasteiger partial charge in [-0.1, -0.05) is 6.07 Å². The van der Waals surface area contributed by atoms with Gasteiger partial charge in [-0.05, 0) is 26.0 Å². The maximum atomic E-state index is 11.7. The highest BCUT2D eigenvalue weighted by molar-refractivity contribution is 6.00. The average Bonchev–Trinajstić information content (AvgIpc) is 2.87. The summed E-state index contributed by atoms with van der Waals surface area (Å²) >= 11 is 0. The van der Waals surface area contributed by atoms with Crippen LogP contribution in [0, 0.1) is 0 Å². The van der Waals surface area contributed by atoms with Crippen LogP contribution in [0.2, 0.25) is 0 Å². The second kappa shape index (κ2) is 6.73. The Bertz CT molecular complexity index is 547. The van der Waals surface area contributed by atoms with E-state index in [1.807, 2.05) is 6.07 Å². The Labute approximate surface area is 136 Å². The topological polar surface area (TPSA) is 68.0 Å². The minimum absolute atomic E-state index is 0. The zero-order valence-electron chi connectivity index (χ0n) is 12.8. The highest BCUT2D eigenvalue weighted by Gasteiger charge is 2.39. The number of morpholine rings is 1. The Hall–Kier alpha value is -1.50. The average molecular weight is 328 g/mol. The van der Waals surface area contributed by atoms with Gasteiger partial charge in [0.25, 0.3) is 5.91 Å². The van der Waals surface area contributed by atoms with Gasteiger partial charge in [0.05, 0.1) is 24.5 Å². The SMILES string of the molecule is CC(C)N1c2c(cccc2C(N)=O)O[C@@H]1N1CCOCC1.Cl. The number of nitrogens with two attached hydrogens (primary N) is 1. The third-order valence-electron chi connectivity index (χ3n) is 3.91. The third-order valence-corrected chi connectivity index (χ3v) is 3.91. The molecule has 1 amide bonds. The van der Waals surface area contributed by atoms with Crippen LogP contribution in [0.5, 0.6) is 5.75 Å². The number of para-hydroxylation sites is 1. The van der Waals surface area contributed by atoms with Crippen LogP contribution in [-0.2, 0) is 4.74 Å². The molecule has 2 N–H and O–H groups in total. The molecule has 7 heteroatoms. The number of halogens is 1. The van der Waals surface area contributed by atoms with Crippen LogP contribution in [0.25, 0.3) is 0 Å². The van der Waals surface area contributed by atoms with Crippen LogP contribution in [0.15, 0.2) is 18.2 Å². The van der Waals surface area contributed by atoms with E-state index in [1.165, 1.54) is 0 Å². The lowest BCUT2D eigenvalue weighted by Gasteiger charge is -2.38. The quantitative estimate of drug-likeness (QED) is 0.909. The minimum atomic E-state index is -0.427. The van der Waals surface area contributed by atoms with Gasteiger partial charge in [0.15, 0.2) is 0 Å². The van der Waals surface area contributed by atoms with Crippen molar-refractivity contribution in [2.45, 2.75) is 26.2 Å². The number of hydrogen-bond donors (Lipinski definition) is 1.